The van der Waals surface area contributed by atoms with Crippen LogP contribution in [0.2, 0.25) is 0 Å². The van der Waals surface area contributed by atoms with Crippen LogP contribution in [0.3, 0.4) is 0 Å². The van der Waals surface area contributed by atoms with Crippen LogP contribution in [0.4, 0.5) is 0 Å². The van der Waals surface area contributed by atoms with Gasteiger partial charge in [0.05, 0.1) is 12.5 Å². The fourth-order valence-electron chi connectivity index (χ4n) is 1.41. The molecule has 0 aromatic rings. The van der Waals surface area contributed by atoms with Gasteiger partial charge in [-0.05, 0) is 12.5 Å². The average Bonchev–Trinajstić information content (AvgIpc) is 2.16. The summed E-state index contributed by atoms with van der Waals surface area (Å²) in [4.78, 5) is 11.0. The Morgan fingerprint density at radius 2 is 2.23 bits per heavy atom. The van der Waals surface area contributed by atoms with Gasteiger partial charge in [0.1, 0.15) is 5.76 Å². The highest BCUT2D eigenvalue weighted by atomic mass is 16.5. The Hall–Kier alpha value is -1.51. The second-order valence-electron chi connectivity index (χ2n) is 2.82. The Morgan fingerprint density at radius 3 is 2.69 bits per heavy atom. The third-order valence-electron chi connectivity index (χ3n) is 2.07. The summed E-state index contributed by atoms with van der Waals surface area (Å²) in [6.07, 6.45) is 3.80. The molecule has 1 unspecified atom stereocenters. The van der Waals surface area contributed by atoms with Crippen molar-refractivity contribution in [1.29, 1.82) is 0 Å². The molecule has 0 aromatic carbocycles. The Kier molecular flexibility index (Phi) is 2.90. The zero-order valence-corrected chi connectivity index (χ0v) is 7.45. The molecule has 0 aliphatic carbocycles. The third kappa shape index (κ3) is 1.80. The minimum atomic E-state index is -0.336. The molecule has 0 saturated heterocycles. The molecule has 0 saturated carbocycles. The standard InChI is InChI=1S/C10H13NO2/c1-3-7-8(10(11)12)5-6-13-9(7)4-2/h3-4,8H,1-2,5-6H2,(H2,11,12). The number of carbonyl (C=O) groups excluding carboxylic acids is 1. The van der Waals surface area contributed by atoms with Crippen LogP contribution < -0.4 is 5.73 Å². The molecule has 0 spiro atoms. The van der Waals surface area contributed by atoms with E-state index in [0.29, 0.717) is 18.8 Å². The molecular formula is C10H13NO2. The van der Waals surface area contributed by atoms with Crippen LogP contribution in [-0.4, -0.2) is 12.5 Å². The molecule has 3 heteroatoms. The maximum absolute atomic E-state index is 11.0. The first-order valence-electron chi connectivity index (χ1n) is 4.12. The number of rotatable bonds is 3. The van der Waals surface area contributed by atoms with Crippen molar-refractivity contribution in [3.05, 3.63) is 36.6 Å². The van der Waals surface area contributed by atoms with Crippen LogP contribution >= 0.6 is 0 Å². The third-order valence-corrected chi connectivity index (χ3v) is 2.07. The van der Waals surface area contributed by atoms with Crippen molar-refractivity contribution in [2.24, 2.45) is 11.7 Å². The van der Waals surface area contributed by atoms with Crippen LogP contribution in [0.25, 0.3) is 0 Å². The van der Waals surface area contributed by atoms with E-state index in [1.165, 1.54) is 0 Å². The van der Waals surface area contributed by atoms with Crippen molar-refractivity contribution in [2.75, 3.05) is 6.61 Å². The number of amides is 1. The molecule has 3 nitrogen and oxygen atoms in total. The largest absolute Gasteiger partial charge is 0.493 e. The quantitative estimate of drug-likeness (QED) is 0.706. The number of allylic oxidation sites excluding steroid dienone is 2. The number of nitrogens with two attached hydrogens (primary N) is 1. The van der Waals surface area contributed by atoms with Gasteiger partial charge in [0.25, 0.3) is 0 Å². The van der Waals surface area contributed by atoms with Gasteiger partial charge in [0.2, 0.25) is 5.91 Å². The van der Waals surface area contributed by atoms with Crippen LogP contribution in [0, 0.1) is 5.92 Å². The van der Waals surface area contributed by atoms with Crippen molar-refractivity contribution in [3.63, 3.8) is 0 Å². The van der Waals surface area contributed by atoms with Gasteiger partial charge in [0, 0.05) is 5.57 Å². The van der Waals surface area contributed by atoms with Gasteiger partial charge in [0.15, 0.2) is 0 Å². The molecule has 0 radical (unpaired) electrons. The lowest BCUT2D eigenvalue weighted by Gasteiger charge is -2.23. The van der Waals surface area contributed by atoms with E-state index in [2.05, 4.69) is 13.2 Å². The summed E-state index contributed by atoms with van der Waals surface area (Å²) < 4.78 is 5.29. The molecule has 0 bridgehead atoms. The first-order chi connectivity index (χ1) is 6.20. The number of carbonyl (C=O) groups is 1. The molecule has 1 aliphatic heterocycles. The van der Waals surface area contributed by atoms with Crippen molar-refractivity contribution in [2.45, 2.75) is 6.42 Å². The molecule has 1 aliphatic rings. The van der Waals surface area contributed by atoms with E-state index >= 15 is 0 Å². The highest BCUT2D eigenvalue weighted by Crippen LogP contribution is 2.26. The molecule has 13 heavy (non-hydrogen) atoms. The SMILES string of the molecule is C=CC1=C(C=C)C(C(N)=O)CCO1. The summed E-state index contributed by atoms with van der Waals surface area (Å²) in [5.74, 6) is 0.00171. The topological polar surface area (TPSA) is 52.3 Å². The molecule has 0 fully saturated rings. The lowest BCUT2D eigenvalue weighted by molar-refractivity contribution is -0.121. The summed E-state index contributed by atoms with van der Waals surface area (Å²) in [7, 11) is 0. The van der Waals surface area contributed by atoms with E-state index in [0.717, 1.165) is 5.57 Å². The van der Waals surface area contributed by atoms with Gasteiger partial charge in [-0.15, -0.1) is 0 Å². The van der Waals surface area contributed by atoms with Gasteiger partial charge in [-0.25, -0.2) is 0 Å². The van der Waals surface area contributed by atoms with Crippen molar-refractivity contribution in [1.82, 2.24) is 0 Å². The fraction of sp³-hybridized carbons (Fsp3) is 0.300. The van der Waals surface area contributed by atoms with E-state index in [9.17, 15) is 4.79 Å². The van der Waals surface area contributed by atoms with E-state index in [-0.39, 0.29) is 11.8 Å². The van der Waals surface area contributed by atoms with E-state index in [1.54, 1.807) is 12.2 Å². The summed E-state index contributed by atoms with van der Waals surface area (Å²) >= 11 is 0. The molecule has 1 atom stereocenters. The molecular weight excluding hydrogens is 166 g/mol. The Morgan fingerprint density at radius 1 is 1.54 bits per heavy atom. The normalized spacial score (nSPS) is 22.0. The van der Waals surface area contributed by atoms with Crippen molar-refractivity contribution >= 4 is 5.91 Å². The summed E-state index contributed by atoms with van der Waals surface area (Å²) in [6.45, 7) is 7.72. The van der Waals surface area contributed by atoms with Gasteiger partial charge in [-0.2, -0.15) is 0 Å². The van der Waals surface area contributed by atoms with Crippen LogP contribution in [0.1, 0.15) is 6.42 Å². The first-order valence-corrected chi connectivity index (χ1v) is 4.12. The predicted octanol–water partition coefficient (Wildman–Crippen LogP) is 1.13. The minimum Gasteiger partial charge on any atom is -0.493 e. The summed E-state index contributed by atoms with van der Waals surface area (Å²) in [6, 6.07) is 0. The van der Waals surface area contributed by atoms with Crippen molar-refractivity contribution < 1.29 is 9.53 Å². The van der Waals surface area contributed by atoms with Crippen LogP contribution in [-0.2, 0) is 9.53 Å². The number of hydrogen-bond donors (Lipinski definition) is 1. The van der Waals surface area contributed by atoms with E-state index in [4.69, 9.17) is 10.5 Å². The molecule has 0 aromatic heterocycles. The smallest absolute Gasteiger partial charge is 0.225 e. The Bertz CT molecular complexity index is 279. The zero-order valence-electron chi connectivity index (χ0n) is 7.45. The molecule has 1 heterocycles. The van der Waals surface area contributed by atoms with Crippen LogP contribution in [0.5, 0.6) is 0 Å². The maximum Gasteiger partial charge on any atom is 0.225 e. The fourth-order valence-corrected chi connectivity index (χ4v) is 1.41. The lowest BCUT2D eigenvalue weighted by Crippen LogP contribution is -2.29. The molecule has 70 valence electrons. The number of hydrogen-bond acceptors (Lipinski definition) is 2. The molecule has 1 amide bonds. The van der Waals surface area contributed by atoms with E-state index < -0.39 is 0 Å². The zero-order chi connectivity index (χ0) is 9.84. The van der Waals surface area contributed by atoms with E-state index in [1.807, 2.05) is 0 Å². The summed E-state index contributed by atoms with van der Waals surface area (Å²) in [5, 5.41) is 0. The second kappa shape index (κ2) is 3.94. The van der Waals surface area contributed by atoms with Gasteiger partial charge >= 0.3 is 0 Å². The lowest BCUT2D eigenvalue weighted by atomic mass is 9.92. The van der Waals surface area contributed by atoms with Gasteiger partial charge in [-0.3, -0.25) is 4.79 Å². The van der Waals surface area contributed by atoms with Gasteiger partial charge < -0.3 is 10.5 Å². The highest BCUT2D eigenvalue weighted by molar-refractivity contribution is 5.81. The molecule has 1 rings (SSSR count). The van der Waals surface area contributed by atoms with Gasteiger partial charge in [-0.1, -0.05) is 19.2 Å². The molecule has 2 N–H and O–H groups in total. The Labute approximate surface area is 77.6 Å². The number of ether oxygens (including phenoxy) is 1. The summed E-state index contributed by atoms with van der Waals surface area (Å²) in [5.41, 5.74) is 5.98. The Balaban J connectivity index is 3.05. The minimum absolute atomic E-state index is 0.278. The second-order valence-corrected chi connectivity index (χ2v) is 2.82. The van der Waals surface area contributed by atoms with Crippen molar-refractivity contribution in [3.8, 4) is 0 Å². The predicted molar refractivity (Wildman–Crippen MR) is 50.7 cm³/mol. The first kappa shape index (κ1) is 9.58. The number of primary amides is 1. The highest BCUT2D eigenvalue weighted by Gasteiger charge is 2.25. The average molecular weight is 179 g/mol. The monoisotopic (exact) mass is 179 g/mol. The maximum atomic E-state index is 11.0. The van der Waals surface area contributed by atoms with Crippen LogP contribution in [0.15, 0.2) is 36.6 Å².